The number of carbonyl (C=O) groups is 4. The Morgan fingerprint density at radius 1 is 0.395 bits per heavy atom. The van der Waals surface area contributed by atoms with Crippen LogP contribution in [0.1, 0.15) is 71.0 Å². The van der Waals surface area contributed by atoms with Gasteiger partial charge in [0.1, 0.15) is 37.1 Å². The molecule has 0 radical (unpaired) electrons. The summed E-state index contributed by atoms with van der Waals surface area (Å²) in [4.78, 5) is 57.3. The molecule has 15 nitrogen and oxygen atoms in total. The first-order chi connectivity index (χ1) is 39.8. The van der Waals surface area contributed by atoms with Crippen molar-refractivity contribution in [3.63, 3.8) is 0 Å². The van der Waals surface area contributed by atoms with Gasteiger partial charge in [0.15, 0.2) is 30.9 Å². The monoisotopic (exact) mass is 1100 g/mol. The van der Waals surface area contributed by atoms with Crippen molar-refractivity contribution in [3.8, 4) is 0 Å². The summed E-state index contributed by atoms with van der Waals surface area (Å²) in [6, 6.07) is 61.5. The number of carbonyl (C=O) groups excluding carboxylic acids is 4. The zero-order chi connectivity index (χ0) is 56.0. The average molecular weight is 1100 g/mol. The Bertz CT molecular complexity index is 3030. The highest BCUT2D eigenvalue weighted by Gasteiger charge is 2.57. The molecule has 9 rings (SSSR count). The fourth-order valence-electron chi connectivity index (χ4n) is 9.30. The van der Waals surface area contributed by atoms with Crippen LogP contribution in [0.2, 0.25) is 0 Å². The summed E-state index contributed by atoms with van der Waals surface area (Å²) >= 11 is 0. The Kier molecular flexibility index (Phi) is 21.3. The summed E-state index contributed by atoms with van der Waals surface area (Å²) in [5.41, 5.74) is 3.18. The van der Waals surface area contributed by atoms with Crippen molar-refractivity contribution in [2.24, 2.45) is 0 Å². The smallest absolute Gasteiger partial charge is 0.338 e. The molecular weight excluding hydrogens is 1030 g/mol. The molecule has 0 bridgehead atoms. The molecule has 10 atom stereocenters. The van der Waals surface area contributed by atoms with E-state index in [-0.39, 0.29) is 55.3 Å². The molecule has 0 N–H and O–H groups in total. The number of ether oxygens (including phenoxy) is 11. The standard InChI is InChI=1S/C66H64O15/c1-2-3-25-40-72-65-59(74-43-48-30-15-6-16-31-48)57(73-42-47-28-13-5-14-29-47)55(53(76-65)44-71-41-46-26-11-4-12-27-46)81-66-60(80-64(70)52-38-23-10-24-39-52)58(79-63(69)51-36-21-9-22-37-51)56(78-62(68)50-34-19-8-20-35-50)54(77-66)45-75-61(67)49-32-17-7-18-33-49/h2,4-24,26-39,53-60,65-66H,1,3,25,40-45H2/t53-,54-,55-,56-,57+,58+,59-,60-,65+,66+/m1/s1. The molecule has 418 valence electrons. The van der Waals surface area contributed by atoms with Gasteiger partial charge in [-0.3, -0.25) is 0 Å². The molecule has 7 aromatic rings. The minimum absolute atomic E-state index is 0.0577. The van der Waals surface area contributed by atoms with Gasteiger partial charge in [-0.15, -0.1) is 6.58 Å². The highest BCUT2D eigenvalue weighted by atomic mass is 16.8. The summed E-state index contributed by atoms with van der Waals surface area (Å²) in [6.45, 7) is 3.81. The molecule has 2 fully saturated rings. The van der Waals surface area contributed by atoms with Crippen LogP contribution < -0.4 is 0 Å². The zero-order valence-corrected chi connectivity index (χ0v) is 44.5. The SMILES string of the molecule is C=CCCCO[C@H]1O[C@H](COCc2ccccc2)[C@@H](O[C@@H]2O[C@H](COC(=O)c3ccccc3)[C@@H](OC(=O)c3ccccc3)[C@H](OC(=O)c3ccccc3)[C@H]2OC(=O)c2ccccc2)[C@H](OCc2ccccc2)[C@H]1OCc1ccccc1. The van der Waals surface area contributed by atoms with E-state index in [1.807, 2.05) is 97.1 Å². The van der Waals surface area contributed by atoms with E-state index in [0.717, 1.165) is 16.7 Å². The van der Waals surface area contributed by atoms with Crippen molar-refractivity contribution >= 4 is 23.9 Å². The van der Waals surface area contributed by atoms with Crippen molar-refractivity contribution in [1.82, 2.24) is 0 Å². The minimum atomic E-state index is -1.74. The van der Waals surface area contributed by atoms with Gasteiger partial charge in [0, 0.05) is 0 Å². The predicted octanol–water partition coefficient (Wildman–Crippen LogP) is 10.7. The number of hydrogen-bond donors (Lipinski definition) is 0. The van der Waals surface area contributed by atoms with Crippen LogP contribution in [-0.2, 0) is 71.9 Å². The molecule has 7 aromatic carbocycles. The first kappa shape index (κ1) is 57.6. The van der Waals surface area contributed by atoms with E-state index in [0.29, 0.717) is 12.8 Å². The van der Waals surface area contributed by atoms with Gasteiger partial charge >= 0.3 is 23.9 Å². The van der Waals surface area contributed by atoms with Gasteiger partial charge in [-0.2, -0.15) is 0 Å². The van der Waals surface area contributed by atoms with Crippen LogP contribution in [0.5, 0.6) is 0 Å². The molecule has 2 aliphatic rings. The van der Waals surface area contributed by atoms with Crippen molar-refractivity contribution in [2.75, 3.05) is 19.8 Å². The topological polar surface area (TPSA) is 170 Å². The number of hydrogen-bond acceptors (Lipinski definition) is 15. The maximum atomic E-state index is 14.6. The van der Waals surface area contributed by atoms with Crippen LogP contribution in [0.25, 0.3) is 0 Å². The van der Waals surface area contributed by atoms with Crippen molar-refractivity contribution in [2.45, 2.75) is 94.1 Å². The zero-order valence-electron chi connectivity index (χ0n) is 44.5. The van der Waals surface area contributed by atoms with E-state index in [1.165, 1.54) is 0 Å². The Morgan fingerprint density at radius 2 is 0.790 bits per heavy atom. The second-order valence-electron chi connectivity index (χ2n) is 19.2. The summed E-state index contributed by atoms with van der Waals surface area (Å²) in [6.07, 6.45) is -10.6. The van der Waals surface area contributed by atoms with E-state index in [2.05, 4.69) is 6.58 Å². The first-order valence-corrected chi connectivity index (χ1v) is 26.9. The van der Waals surface area contributed by atoms with Crippen LogP contribution in [-0.4, -0.2) is 105 Å². The van der Waals surface area contributed by atoms with E-state index in [9.17, 15) is 19.2 Å². The maximum absolute atomic E-state index is 14.6. The Morgan fingerprint density at radius 3 is 1.27 bits per heavy atom. The summed E-state index contributed by atoms with van der Waals surface area (Å²) in [5.74, 6) is -3.31. The minimum Gasteiger partial charge on any atom is -0.459 e. The first-order valence-electron chi connectivity index (χ1n) is 26.9. The lowest BCUT2D eigenvalue weighted by molar-refractivity contribution is -0.367. The van der Waals surface area contributed by atoms with Gasteiger partial charge < -0.3 is 52.1 Å². The van der Waals surface area contributed by atoms with Gasteiger partial charge in [-0.1, -0.05) is 170 Å². The summed E-state index contributed by atoms with van der Waals surface area (Å²) < 4.78 is 73.3. The lowest BCUT2D eigenvalue weighted by Crippen LogP contribution is -2.67. The Hall–Kier alpha value is -8.12. The molecule has 0 unspecified atom stereocenters. The van der Waals surface area contributed by atoms with Crippen LogP contribution in [0.15, 0.2) is 225 Å². The third kappa shape index (κ3) is 16.3. The predicted molar refractivity (Wildman–Crippen MR) is 297 cm³/mol. The quantitative estimate of drug-likeness (QED) is 0.0217. The Balaban J connectivity index is 1.17. The molecule has 0 saturated carbocycles. The molecule has 2 aliphatic heterocycles. The molecule has 2 saturated heterocycles. The maximum Gasteiger partial charge on any atom is 0.338 e. The van der Waals surface area contributed by atoms with Crippen LogP contribution >= 0.6 is 0 Å². The van der Waals surface area contributed by atoms with Crippen LogP contribution in [0.3, 0.4) is 0 Å². The normalized spacial score (nSPS) is 22.4. The molecule has 15 heteroatoms. The van der Waals surface area contributed by atoms with E-state index in [1.54, 1.807) is 121 Å². The fourth-order valence-corrected chi connectivity index (χ4v) is 9.30. The molecule has 2 heterocycles. The summed E-state index contributed by atoms with van der Waals surface area (Å²) in [5, 5.41) is 0. The second kappa shape index (κ2) is 29.9. The third-order valence-corrected chi connectivity index (χ3v) is 13.4. The number of allylic oxidation sites excluding steroid dienone is 1. The molecule has 0 aromatic heterocycles. The van der Waals surface area contributed by atoms with Gasteiger partial charge in [0.2, 0.25) is 0 Å². The van der Waals surface area contributed by atoms with Gasteiger partial charge in [-0.25, -0.2) is 19.2 Å². The highest BCUT2D eigenvalue weighted by molar-refractivity contribution is 5.91. The van der Waals surface area contributed by atoms with Crippen molar-refractivity contribution in [3.05, 3.63) is 264 Å². The van der Waals surface area contributed by atoms with Crippen LogP contribution in [0.4, 0.5) is 0 Å². The lowest BCUT2D eigenvalue weighted by atomic mass is 9.95. The number of esters is 4. The lowest BCUT2D eigenvalue weighted by Gasteiger charge is -2.49. The van der Waals surface area contributed by atoms with Crippen molar-refractivity contribution in [1.29, 1.82) is 0 Å². The molecule has 81 heavy (non-hydrogen) atoms. The van der Waals surface area contributed by atoms with Crippen molar-refractivity contribution < 1.29 is 71.3 Å². The van der Waals surface area contributed by atoms with E-state index >= 15 is 0 Å². The fraction of sp³-hybridized carbons (Fsp3) is 0.273. The largest absolute Gasteiger partial charge is 0.459 e. The van der Waals surface area contributed by atoms with Gasteiger partial charge in [0.05, 0.1) is 55.3 Å². The van der Waals surface area contributed by atoms with Gasteiger partial charge in [0.25, 0.3) is 0 Å². The van der Waals surface area contributed by atoms with Gasteiger partial charge in [-0.05, 0) is 78.1 Å². The number of unbranched alkanes of at least 4 members (excludes halogenated alkanes) is 1. The number of benzene rings is 7. The second-order valence-corrected chi connectivity index (χ2v) is 19.2. The molecule has 0 aliphatic carbocycles. The van der Waals surface area contributed by atoms with E-state index < -0.39 is 91.9 Å². The molecule has 0 spiro atoms. The molecule has 0 amide bonds. The number of rotatable bonds is 26. The average Bonchev–Trinajstić information content (AvgIpc) is 3.67. The van der Waals surface area contributed by atoms with Crippen LogP contribution in [0, 0.1) is 0 Å². The summed E-state index contributed by atoms with van der Waals surface area (Å²) in [7, 11) is 0. The Labute approximate surface area is 471 Å². The highest BCUT2D eigenvalue weighted by Crippen LogP contribution is 2.37. The molecular formula is C66H64O15. The third-order valence-electron chi connectivity index (χ3n) is 13.4. The van der Waals surface area contributed by atoms with E-state index in [4.69, 9.17) is 52.1 Å².